The Morgan fingerprint density at radius 3 is 2.43 bits per heavy atom. The Bertz CT molecular complexity index is 594. The number of hydrogen-bond acceptors (Lipinski definition) is 4. The van der Waals surface area contributed by atoms with Crippen molar-refractivity contribution in [1.82, 2.24) is 5.32 Å². The van der Waals surface area contributed by atoms with Crippen LogP contribution in [-0.2, 0) is 9.59 Å². The highest BCUT2D eigenvalue weighted by Gasteiger charge is 2.08. The fourth-order valence-electron chi connectivity index (χ4n) is 1.63. The monoisotopic (exact) mass is 291 g/mol. The van der Waals surface area contributed by atoms with Crippen LogP contribution in [0.4, 0.5) is 16.2 Å². The predicted octanol–water partition coefficient (Wildman–Crippen LogP) is 1.35. The lowest BCUT2D eigenvalue weighted by Gasteiger charge is -2.17. The first-order valence-corrected chi connectivity index (χ1v) is 6.10. The summed E-state index contributed by atoms with van der Waals surface area (Å²) < 4.78 is 0. The van der Waals surface area contributed by atoms with Gasteiger partial charge in [0.2, 0.25) is 0 Å². The Balaban J connectivity index is 2.69. The molecule has 1 aromatic carbocycles. The number of rotatable bonds is 4. The van der Waals surface area contributed by atoms with Gasteiger partial charge in [0, 0.05) is 37.6 Å². The number of imide groups is 1. The first kappa shape index (κ1) is 16.2. The van der Waals surface area contributed by atoms with Gasteiger partial charge in [-0.3, -0.25) is 10.1 Å². The predicted molar refractivity (Wildman–Crippen MR) is 79.4 cm³/mol. The van der Waals surface area contributed by atoms with Gasteiger partial charge in [-0.05, 0) is 24.6 Å². The van der Waals surface area contributed by atoms with Gasteiger partial charge in [-0.15, -0.1) is 0 Å². The molecular weight excluding hydrogens is 274 g/mol. The van der Waals surface area contributed by atoms with Crippen molar-refractivity contribution in [2.45, 2.75) is 6.92 Å². The molecular formula is C14H17N3O4. The van der Waals surface area contributed by atoms with Crippen molar-refractivity contribution in [3.63, 3.8) is 0 Å². The molecule has 0 bridgehead atoms. The lowest BCUT2D eigenvalue weighted by molar-refractivity contribution is -0.131. The summed E-state index contributed by atoms with van der Waals surface area (Å²) in [6.45, 7) is 1.94. The molecule has 21 heavy (non-hydrogen) atoms. The molecule has 7 nitrogen and oxygen atoms in total. The summed E-state index contributed by atoms with van der Waals surface area (Å²) in [6.07, 6.45) is 1.42. The molecule has 1 aromatic rings. The Morgan fingerprint density at radius 2 is 1.86 bits per heavy atom. The third kappa shape index (κ3) is 5.35. The van der Waals surface area contributed by atoms with Crippen molar-refractivity contribution >= 4 is 29.3 Å². The minimum atomic E-state index is -1.26. The number of hydrogen-bond donors (Lipinski definition) is 3. The zero-order chi connectivity index (χ0) is 16.0. The highest BCUT2D eigenvalue weighted by Crippen LogP contribution is 2.22. The SMILES string of the molecule is Cc1ccc(NC(=O)NC(=O)/C=C/C(=O)O)cc1N(C)C. The second-order valence-electron chi connectivity index (χ2n) is 4.51. The maximum Gasteiger partial charge on any atom is 0.328 e. The quantitative estimate of drug-likeness (QED) is 0.727. The van der Waals surface area contributed by atoms with Crippen LogP contribution in [0.1, 0.15) is 5.56 Å². The molecule has 3 N–H and O–H groups in total. The Morgan fingerprint density at radius 1 is 1.19 bits per heavy atom. The molecule has 0 aliphatic rings. The number of carbonyl (C=O) groups is 3. The second kappa shape index (κ2) is 7.09. The molecule has 3 amide bonds. The lowest BCUT2D eigenvalue weighted by atomic mass is 10.1. The van der Waals surface area contributed by atoms with Crippen LogP contribution < -0.4 is 15.5 Å². The average Bonchev–Trinajstić information content (AvgIpc) is 2.38. The number of urea groups is 1. The van der Waals surface area contributed by atoms with E-state index in [-0.39, 0.29) is 0 Å². The Kier molecular flexibility index (Phi) is 5.48. The van der Waals surface area contributed by atoms with Gasteiger partial charge in [-0.2, -0.15) is 0 Å². The zero-order valence-corrected chi connectivity index (χ0v) is 12.0. The van der Waals surface area contributed by atoms with E-state index in [2.05, 4.69) is 5.32 Å². The van der Waals surface area contributed by atoms with Crippen LogP contribution in [-0.4, -0.2) is 37.1 Å². The van der Waals surface area contributed by atoms with Crippen molar-refractivity contribution in [1.29, 1.82) is 0 Å². The number of benzene rings is 1. The van der Waals surface area contributed by atoms with Gasteiger partial charge < -0.3 is 15.3 Å². The summed E-state index contributed by atoms with van der Waals surface area (Å²) in [5.41, 5.74) is 2.51. The van der Waals surface area contributed by atoms with Crippen LogP contribution in [0.3, 0.4) is 0 Å². The van der Waals surface area contributed by atoms with Crippen molar-refractivity contribution < 1.29 is 19.5 Å². The first-order valence-electron chi connectivity index (χ1n) is 6.10. The number of anilines is 2. The highest BCUT2D eigenvalue weighted by atomic mass is 16.4. The van der Waals surface area contributed by atoms with Crippen molar-refractivity contribution in [2.24, 2.45) is 0 Å². The lowest BCUT2D eigenvalue weighted by Crippen LogP contribution is -2.33. The van der Waals surface area contributed by atoms with Crippen molar-refractivity contribution in [3.8, 4) is 0 Å². The zero-order valence-electron chi connectivity index (χ0n) is 12.0. The minimum absolute atomic E-state index is 0.525. The standard InChI is InChI=1S/C14H17N3O4/c1-9-4-5-10(8-11(9)17(2)3)15-14(21)16-12(18)6-7-13(19)20/h4-8H,1-3H3,(H,19,20)(H2,15,16,18,21)/b7-6+. The third-order valence-electron chi connectivity index (χ3n) is 2.56. The molecule has 0 aliphatic heterocycles. The third-order valence-corrected chi connectivity index (χ3v) is 2.56. The summed E-state index contributed by atoms with van der Waals surface area (Å²) >= 11 is 0. The number of nitrogens with one attached hydrogen (secondary N) is 2. The van der Waals surface area contributed by atoms with Crippen molar-refractivity contribution in [2.75, 3.05) is 24.3 Å². The number of aryl methyl sites for hydroxylation is 1. The van der Waals surface area contributed by atoms with Crippen LogP contribution >= 0.6 is 0 Å². The molecule has 0 aliphatic carbocycles. The molecule has 0 saturated carbocycles. The van der Waals surface area contributed by atoms with Gasteiger partial charge in [0.1, 0.15) is 0 Å². The maximum atomic E-state index is 11.6. The summed E-state index contributed by atoms with van der Waals surface area (Å²) in [4.78, 5) is 35.0. The molecule has 1 rings (SSSR count). The van der Waals surface area contributed by atoms with E-state index in [1.807, 2.05) is 37.3 Å². The summed E-state index contributed by atoms with van der Waals surface area (Å²) in [5.74, 6) is -2.07. The summed E-state index contributed by atoms with van der Waals surface area (Å²) in [6, 6.07) is 4.59. The molecule has 112 valence electrons. The molecule has 0 heterocycles. The molecule has 7 heteroatoms. The summed E-state index contributed by atoms with van der Waals surface area (Å²) in [7, 11) is 3.76. The van der Waals surface area contributed by atoms with Crippen LogP contribution in [0.15, 0.2) is 30.4 Å². The summed E-state index contributed by atoms with van der Waals surface area (Å²) in [5, 5.41) is 12.9. The van der Waals surface area contributed by atoms with Gasteiger partial charge in [0.25, 0.3) is 5.91 Å². The van der Waals surface area contributed by atoms with Gasteiger partial charge in [0.15, 0.2) is 0 Å². The number of amides is 3. The molecule has 0 radical (unpaired) electrons. The van der Waals surface area contributed by atoms with E-state index in [9.17, 15) is 14.4 Å². The molecule has 0 atom stereocenters. The number of aliphatic carboxylic acids is 1. The molecule has 0 saturated heterocycles. The smallest absolute Gasteiger partial charge is 0.328 e. The average molecular weight is 291 g/mol. The number of carboxylic acid groups (broad SMARTS) is 1. The molecule has 0 fully saturated rings. The Hall–Kier alpha value is -2.83. The Labute approximate surface area is 122 Å². The number of carboxylic acids is 1. The van der Waals surface area contributed by atoms with E-state index in [1.165, 1.54) is 0 Å². The van der Waals surface area contributed by atoms with Gasteiger partial charge >= 0.3 is 12.0 Å². The van der Waals surface area contributed by atoms with Gasteiger partial charge in [-0.25, -0.2) is 9.59 Å². The maximum absolute atomic E-state index is 11.6. The van der Waals surface area contributed by atoms with Crippen LogP contribution in [0.25, 0.3) is 0 Å². The van der Waals surface area contributed by atoms with E-state index in [4.69, 9.17) is 5.11 Å². The van der Waals surface area contributed by atoms with Crippen LogP contribution in [0, 0.1) is 6.92 Å². The normalized spacial score (nSPS) is 10.2. The van der Waals surface area contributed by atoms with E-state index in [1.54, 1.807) is 12.1 Å². The molecule has 0 unspecified atom stereocenters. The second-order valence-corrected chi connectivity index (χ2v) is 4.51. The van der Waals surface area contributed by atoms with E-state index in [0.717, 1.165) is 17.3 Å². The molecule has 0 aromatic heterocycles. The number of nitrogens with zero attached hydrogens (tertiary/aromatic N) is 1. The largest absolute Gasteiger partial charge is 0.478 e. The van der Waals surface area contributed by atoms with Crippen molar-refractivity contribution in [3.05, 3.63) is 35.9 Å². The minimum Gasteiger partial charge on any atom is -0.478 e. The van der Waals surface area contributed by atoms with E-state index in [0.29, 0.717) is 11.8 Å². The number of carbonyl (C=O) groups excluding carboxylic acids is 2. The van der Waals surface area contributed by atoms with E-state index >= 15 is 0 Å². The highest BCUT2D eigenvalue weighted by molar-refractivity contribution is 6.06. The van der Waals surface area contributed by atoms with E-state index < -0.39 is 17.9 Å². The fraction of sp³-hybridized carbons (Fsp3) is 0.214. The first-order chi connectivity index (χ1) is 9.79. The van der Waals surface area contributed by atoms with Gasteiger partial charge in [0.05, 0.1) is 0 Å². The molecule has 0 spiro atoms. The van der Waals surface area contributed by atoms with Gasteiger partial charge in [-0.1, -0.05) is 6.07 Å². The van der Waals surface area contributed by atoms with Crippen LogP contribution in [0.5, 0.6) is 0 Å². The van der Waals surface area contributed by atoms with Crippen LogP contribution in [0.2, 0.25) is 0 Å². The topological polar surface area (TPSA) is 98.7 Å². The fourth-order valence-corrected chi connectivity index (χ4v) is 1.63.